The fraction of sp³-hybridized carbons (Fsp3) is 0.370. The van der Waals surface area contributed by atoms with E-state index in [0.29, 0.717) is 34.3 Å². The molecule has 4 aromatic rings. The molecule has 2 aromatic heterocycles. The third kappa shape index (κ3) is 5.03. The molecule has 35 heavy (non-hydrogen) atoms. The molecule has 2 aromatic carbocycles. The molecule has 0 bridgehead atoms. The van der Waals surface area contributed by atoms with Gasteiger partial charge in [-0.3, -0.25) is 9.36 Å². The first kappa shape index (κ1) is 23.7. The Labute approximate surface area is 209 Å². The molecule has 0 aliphatic carbocycles. The Morgan fingerprint density at radius 1 is 1.14 bits per heavy atom. The molecule has 1 atom stereocenters. The van der Waals surface area contributed by atoms with Crippen LogP contribution in [0, 0.1) is 12.8 Å². The lowest BCUT2D eigenvalue weighted by atomic mass is 9.97. The predicted octanol–water partition coefficient (Wildman–Crippen LogP) is 4.57. The van der Waals surface area contributed by atoms with Gasteiger partial charge in [0.25, 0.3) is 5.56 Å². The monoisotopic (exact) mass is 491 g/mol. The Balaban J connectivity index is 1.58. The SMILES string of the molecule is COCCN1CCC[C@@H](Cn2c(-c3ccccc3C)nc3cn(-c4ccc(Cl)cc4)nc3c2=O)C1. The molecule has 0 unspecified atom stereocenters. The number of fused-ring (bicyclic) bond motifs is 1. The van der Waals surface area contributed by atoms with Crippen LogP contribution in [0.5, 0.6) is 0 Å². The zero-order chi connectivity index (χ0) is 24.4. The third-order valence-electron chi connectivity index (χ3n) is 6.76. The van der Waals surface area contributed by atoms with Gasteiger partial charge >= 0.3 is 0 Å². The van der Waals surface area contributed by atoms with Crippen molar-refractivity contribution in [2.24, 2.45) is 5.92 Å². The van der Waals surface area contributed by atoms with Gasteiger partial charge in [0.2, 0.25) is 0 Å². The zero-order valence-electron chi connectivity index (χ0n) is 20.2. The Morgan fingerprint density at radius 2 is 1.94 bits per heavy atom. The number of methoxy groups -OCH3 is 1. The van der Waals surface area contributed by atoms with Crippen molar-refractivity contribution >= 4 is 22.6 Å². The Bertz CT molecular complexity index is 1380. The maximum Gasteiger partial charge on any atom is 0.282 e. The van der Waals surface area contributed by atoms with Crippen molar-refractivity contribution < 1.29 is 4.74 Å². The fourth-order valence-corrected chi connectivity index (χ4v) is 5.03. The molecule has 3 heterocycles. The first-order valence-electron chi connectivity index (χ1n) is 12.1. The van der Waals surface area contributed by atoms with Crippen molar-refractivity contribution in [2.75, 3.05) is 33.4 Å². The number of piperidine rings is 1. The van der Waals surface area contributed by atoms with E-state index in [1.54, 1.807) is 11.8 Å². The second-order valence-corrected chi connectivity index (χ2v) is 9.69. The van der Waals surface area contributed by atoms with Gasteiger partial charge in [-0.1, -0.05) is 35.9 Å². The van der Waals surface area contributed by atoms with E-state index in [4.69, 9.17) is 21.3 Å². The number of halogens is 1. The van der Waals surface area contributed by atoms with Crippen LogP contribution in [0.25, 0.3) is 28.1 Å². The summed E-state index contributed by atoms with van der Waals surface area (Å²) in [6.45, 7) is 6.32. The van der Waals surface area contributed by atoms with Crippen LogP contribution >= 0.6 is 11.6 Å². The summed E-state index contributed by atoms with van der Waals surface area (Å²) in [6, 6.07) is 15.5. The molecule has 0 saturated carbocycles. The zero-order valence-corrected chi connectivity index (χ0v) is 20.9. The summed E-state index contributed by atoms with van der Waals surface area (Å²) < 4.78 is 8.82. The predicted molar refractivity (Wildman–Crippen MR) is 139 cm³/mol. The van der Waals surface area contributed by atoms with Gasteiger partial charge in [0.15, 0.2) is 5.52 Å². The van der Waals surface area contributed by atoms with Crippen LogP contribution in [0.2, 0.25) is 5.02 Å². The normalized spacial score (nSPS) is 16.7. The molecule has 1 fully saturated rings. The highest BCUT2D eigenvalue weighted by Gasteiger charge is 2.24. The Hall–Kier alpha value is -3.00. The van der Waals surface area contributed by atoms with E-state index in [1.165, 1.54) is 0 Å². The van der Waals surface area contributed by atoms with Crippen LogP contribution in [0.3, 0.4) is 0 Å². The topological polar surface area (TPSA) is 65.2 Å². The Kier molecular flexibility index (Phi) is 7.00. The molecule has 0 spiro atoms. The molecule has 1 aliphatic rings. The Morgan fingerprint density at radius 3 is 2.71 bits per heavy atom. The van der Waals surface area contributed by atoms with E-state index in [-0.39, 0.29) is 5.56 Å². The number of hydrogen-bond donors (Lipinski definition) is 0. The number of hydrogen-bond acceptors (Lipinski definition) is 5. The lowest BCUT2D eigenvalue weighted by Crippen LogP contribution is -2.40. The van der Waals surface area contributed by atoms with E-state index >= 15 is 0 Å². The summed E-state index contributed by atoms with van der Waals surface area (Å²) in [7, 11) is 1.74. The maximum atomic E-state index is 13.9. The van der Waals surface area contributed by atoms with Gasteiger partial charge in [0.05, 0.1) is 18.5 Å². The highest BCUT2D eigenvalue weighted by Crippen LogP contribution is 2.25. The van der Waals surface area contributed by atoms with Gasteiger partial charge in [0, 0.05) is 37.3 Å². The number of aryl methyl sites for hydroxylation is 1. The molecule has 5 rings (SSSR count). The summed E-state index contributed by atoms with van der Waals surface area (Å²) in [6.07, 6.45) is 4.02. The average molecular weight is 492 g/mol. The molecule has 8 heteroatoms. The van der Waals surface area contributed by atoms with Crippen molar-refractivity contribution in [3.8, 4) is 17.1 Å². The summed E-state index contributed by atoms with van der Waals surface area (Å²) >= 11 is 6.05. The van der Waals surface area contributed by atoms with Gasteiger partial charge < -0.3 is 9.64 Å². The summed E-state index contributed by atoms with van der Waals surface area (Å²) in [5, 5.41) is 5.28. The van der Waals surface area contributed by atoms with Gasteiger partial charge in [0.1, 0.15) is 11.3 Å². The van der Waals surface area contributed by atoms with Crippen LogP contribution in [0.4, 0.5) is 0 Å². The van der Waals surface area contributed by atoms with Gasteiger partial charge in [-0.2, -0.15) is 5.10 Å². The highest BCUT2D eigenvalue weighted by molar-refractivity contribution is 6.30. The minimum absolute atomic E-state index is 0.102. The summed E-state index contributed by atoms with van der Waals surface area (Å²) in [4.78, 5) is 21.3. The highest BCUT2D eigenvalue weighted by atomic mass is 35.5. The van der Waals surface area contributed by atoms with E-state index in [9.17, 15) is 4.79 Å². The van der Waals surface area contributed by atoms with E-state index in [1.807, 2.05) is 53.2 Å². The second-order valence-electron chi connectivity index (χ2n) is 9.25. The van der Waals surface area contributed by atoms with Gasteiger partial charge in [-0.25, -0.2) is 9.67 Å². The second kappa shape index (κ2) is 10.3. The first-order chi connectivity index (χ1) is 17.0. The lowest BCUT2D eigenvalue weighted by Gasteiger charge is -2.33. The van der Waals surface area contributed by atoms with Crippen molar-refractivity contribution in [2.45, 2.75) is 26.3 Å². The van der Waals surface area contributed by atoms with Crippen LogP contribution in [-0.2, 0) is 11.3 Å². The molecule has 0 radical (unpaired) electrons. The minimum Gasteiger partial charge on any atom is -0.383 e. The van der Waals surface area contributed by atoms with Crippen molar-refractivity contribution in [3.05, 3.63) is 75.7 Å². The van der Waals surface area contributed by atoms with Crippen LogP contribution in [0.1, 0.15) is 18.4 Å². The number of aromatic nitrogens is 4. The molecule has 182 valence electrons. The number of benzene rings is 2. The smallest absolute Gasteiger partial charge is 0.282 e. The van der Waals surface area contributed by atoms with E-state index < -0.39 is 0 Å². The molecular weight excluding hydrogens is 462 g/mol. The van der Waals surface area contributed by atoms with Crippen LogP contribution < -0.4 is 5.56 Å². The van der Waals surface area contributed by atoms with Crippen molar-refractivity contribution in [3.63, 3.8) is 0 Å². The number of likely N-dealkylation sites (tertiary alicyclic amines) is 1. The summed E-state index contributed by atoms with van der Waals surface area (Å²) in [5.41, 5.74) is 3.75. The lowest BCUT2D eigenvalue weighted by molar-refractivity contribution is 0.109. The third-order valence-corrected chi connectivity index (χ3v) is 7.01. The quantitative estimate of drug-likeness (QED) is 0.379. The number of rotatable bonds is 7. The molecule has 1 saturated heterocycles. The maximum absolute atomic E-state index is 13.9. The molecule has 0 N–H and O–H groups in total. The van der Waals surface area contributed by atoms with Gasteiger partial charge in [-0.05, 0) is 62.1 Å². The van der Waals surface area contributed by atoms with Crippen molar-refractivity contribution in [1.82, 2.24) is 24.2 Å². The summed E-state index contributed by atoms with van der Waals surface area (Å²) in [5.74, 6) is 1.06. The molecular formula is C27H30ClN5O2. The standard InChI is InChI=1S/C27H30ClN5O2/c1-19-6-3-4-8-23(19)26-29-24-18-33(22-11-9-21(28)10-12-22)30-25(24)27(34)32(26)17-20-7-5-13-31(16-20)14-15-35-2/h3-4,6,8-12,18,20H,5,7,13-17H2,1-2H3/t20-/m1/s1. The number of ether oxygens (including phenoxy) is 1. The van der Waals surface area contributed by atoms with E-state index in [0.717, 1.165) is 55.9 Å². The number of nitrogens with zero attached hydrogens (tertiary/aromatic N) is 5. The van der Waals surface area contributed by atoms with Gasteiger partial charge in [-0.15, -0.1) is 0 Å². The van der Waals surface area contributed by atoms with E-state index in [2.05, 4.69) is 23.0 Å². The molecule has 1 aliphatic heterocycles. The molecule has 0 amide bonds. The largest absolute Gasteiger partial charge is 0.383 e. The minimum atomic E-state index is -0.102. The average Bonchev–Trinajstić information content (AvgIpc) is 3.30. The van der Waals surface area contributed by atoms with Crippen molar-refractivity contribution in [1.29, 1.82) is 0 Å². The molecule has 7 nitrogen and oxygen atoms in total. The fourth-order valence-electron chi connectivity index (χ4n) is 4.90. The first-order valence-corrected chi connectivity index (χ1v) is 12.4. The van der Waals surface area contributed by atoms with Crippen LogP contribution in [-0.4, -0.2) is 57.6 Å². The van der Waals surface area contributed by atoms with Crippen LogP contribution in [0.15, 0.2) is 59.5 Å².